The fourth-order valence-corrected chi connectivity index (χ4v) is 3.50. The van der Waals surface area contributed by atoms with Crippen LogP contribution in [-0.4, -0.2) is 17.4 Å². The second-order valence-corrected chi connectivity index (χ2v) is 6.30. The summed E-state index contributed by atoms with van der Waals surface area (Å²) in [6, 6.07) is 21.8. The first-order valence-corrected chi connectivity index (χ1v) is 8.33. The molecular weight excluding hydrogens is 312 g/mol. The minimum atomic E-state index is -0.111. The lowest BCUT2D eigenvalue weighted by Crippen LogP contribution is -2.39. The summed E-state index contributed by atoms with van der Waals surface area (Å²) in [6.07, 6.45) is 2.72. The van der Waals surface area contributed by atoms with Crippen molar-refractivity contribution in [2.24, 2.45) is 0 Å². The molecule has 0 radical (unpaired) electrons. The van der Waals surface area contributed by atoms with Gasteiger partial charge in [-0.05, 0) is 22.8 Å². The van der Waals surface area contributed by atoms with Crippen molar-refractivity contribution in [1.82, 2.24) is 4.90 Å². The maximum absolute atomic E-state index is 12.9. The van der Waals surface area contributed by atoms with Crippen molar-refractivity contribution < 1.29 is 9.52 Å². The normalized spacial score (nSPS) is 16.3. The molecule has 0 saturated heterocycles. The van der Waals surface area contributed by atoms with E-state index in [0.717, 1.165) is 5.56 Å². The van der Waals surface area contributed by atoms with E-state index in [0.29, 0.717) is 23.4 Å². The molecule has 4 heteroatoms. The van der Waals surface area contributed by atoms with Gasteiger partial charge >= 0.3 is 0 Å². The summed E-state index contributed by atoms with van der Waals surface area (Å²) < 4.78 is 0.666. The zero-order chi connectivity index (χ0) is 17.2. The maximum atomic E-state index is 12.9. The van der Waals surface area contributed by atoms with Crippen LogP contribution in [0.1, 0.15) is 33.0 Å². The third-order valence-corrected chi connectivity index (χ3v) is 4.71. The van der Waals surface area contributed by atoms with Crippen LogP contribution in [0.3, 0.4) is 0 Å². The zero-order valence-corrected chi connectivity index (χ0v) is 13.7. The first kappa shape index (κ1) is 15.4. The number of carbonyl (C=O) groups is 1. The molecule has 25 heavy (non-hydrogen) atoms. The molecule has 2 heterocycles. The Morgan fingerprint density at radius 1 is 1.00 bits per heavy atom. The van der Waals surface area contributed by atoms with Crippen molar-refractivity contribution in [2.75, 3.05) is 6.54 Å². The molecule has 2 aromatic carbocycles. The highest BCUT2D eigenvalue weighted by molar-refractivity contribution is 5.93. The number of hydrogen-bond donors (Lipinski definition) is 0. The topological polar surface area (TPSA) is 47.2 Å². The lowest BCUT2D eigenvalue weighted by molar-refractivity contribution is -0.605. The van der Waals surface area contributed by atoms with Crippen molar-refractivity contribution in [3.8, 4) is 0 Å². The highest BCUT2D eigenvalue weighted by Crippen LogP contribution is 2.33. The summed E-state index contributed by atoms with van der Waals surface area (Å²) in [6.45, 7) is 1.17. The standard InChI is InChI=1S/C21H18N2O2/c24-21(18-10-6-12-23(25)14-18)22-13-17-9-4-5-11-19(17)20(15-22)16-7-2-1-3-8-16/h1-12,14,20H,13,15H2/t20-/m1/s1. The fraction of sp³-hybridized carbons (Fsp3) is 0.143. The molecule has 1 aliphatic heterocycles. The largest absolute Gasteiger partial charge is 0.619 e. The predicted octanol–water partition coefficient (Wildman–Crippen LogP) is 3.11. The number of pyridine rings is 1. The van der Waals surface area contributed by atoms with E-state index in [1.807, 2.05) is 35.2 Å². The Morgan fingerprint density at radius 2 is 1.76 bits per heavy atom. The number of rotatable bonds is 2. The number of benzene rings is 2. The van der Waals surface area contributed by atoms with E-state index in [1.165, 1.54) is 23.5 Å². The Hall–Kier alpha value is -3.14. The summed E-state index contributed by atoms with van der Waals surface area (Å²) in [4.78, 5) is 14.7. The summed E-state index contributed by atoms with van der Waals surface area (Å²) >= 11 is 0. The highest BCUT2D eigenvalue weighted by atomic mass is 16.5. The molecule has 0 N–H and O–H groups in total. The Kier molecular flexibility index (Phi) is 3.94. The molecule has 0 unspecified atom stereocenters. The number of carbonyl (C=O) groups excluding carboxylic acids is 1. The van der Waals surface area contributed by atoms with Gasteiger partial charge < -0.3 is 10.1 Å². The lowest BCUT2D eigenvalue weighted by Gasteiger charge is -2.35. The number of amides is 1. The molecule has 0 fully saturated rings. The average Bonchev–Trinajstić information content (AvgIpc) is 2.67. The van der Waals surface area contributed by atoms with Crippen molar-refractivity contribution in [3.05, 3.63) is 107 Å². The summed E-state index contributed by atoms with van der Waals surface area (Å²) in [5, 5.41) is 11.5. The van der Waals surface area contributed by atoms with Crippen LogP contribution in [0.5, 0.6) is 0 Å². The molecule has 0 saturated carbocycles. The number of nitrogens with zero attached hydrogens (tertiary/aromatic N) is 2. The first-order valence-electron chi connectivity index (χ1n) is 8.33. The van der Waals surface area contributed by atoms with Crippen LogP contribution in [-0.2, 0) is 6.54 Å². The number of fused-ring (bicyclic) bond motifs is 1. The van der Waals surface area contributed by atoms with Crippen LogP contribution in [0.4, 0.5) is 0 Å². The van der Waals surface area contributed by atoms with Crippen LogP contribution in [0.15, 0.2) is 79.1 Å². The fourth-order valence-electron chi connectivity index (χ4n) is 3.50. The van der Waals surface area contributed by atoms with E-state index in [2.05, 4.69) is 24.3 Å². The molecule has 1 aliphatic rings. The molecule has 1 amide bonds. The monoisotopic (exact) mass is 330 g/mol. The van der Waals surface area contributed by atoms with E-state index >= 15 is 0 Å². The number of hydrogen-bond acceptors (Lipinski definition) is 2. The van der Waals surface area contributed by atoms with Crippen molar-refractivity contribution in [2.45, 2.75) is 12.5 Å². The van der Waals surface area contributed by atoms with Gasteiger partial charge in [0.1, 0.15) is 5.56 Å². The Morgan fingerprint density at radius 3 is 2.56 bits per heavy atom. The van der Waals surface area contributed by atoms with E-state index in [9.17, 15) is 10.0 Å². The smallest absolute Gasteiger partial charge is 0.260 e. The Labute approximate surface area is 146 Å². The van der Waals surface area contributed by atoms with Gasteiger partial charge in [-0.2, -0.15) is 4.73 Å². The van der Waals surface area contributed by atoms with Gasteiger partial charge in [-0.1, -0.05) is 54.6 Å². The van der Waals surface area contributed by atoms with Crippen LogP contribution >= 0.6 is 0 Å². The molecule has 1 aromatic heterocycles. The van der Waals surface area contributed by atoms with E-state index in [4.69, 9.17) is 0 Å². The van der Waals surface area contributed by atoms with E-state index in [-0.39, 0.29) is 11.8 Å². The summed E-state index contributed by atoms with van der Waals surface area (Å²) in [5.74, 6) is 0.0267. The van der Waals surface area contributed by atoms with E-state index < -0.39 is 0 Å². The molecular formula is C21H18N2O2. The lowest BCUT2D eigenvalue weighted by atomic mass is 9.84. The minimum Gasteiger partial charge on any atom is -0.619 e. The summed E-state index contributed by atoms with van der Waals surface area (Å²) in [7, 11) is 0. The Balaban J connectivity index is 1.71. The molecule has 4 rings (SSSR count). The molecule has 0 spiro atoms. The highest BCUT2D eigenvalue weighted by Gasteiger charge is 2.30. The molecule has 0 bridgehead atoms. The summed E-state index contributed by atoms with van der Waals surface area (Å²) in [5.41, 5.74) is 4.04. The van der Waals surface area contributed by atoms with Gasteiger partial charge in [0.15, 0.2) is 12.4 Å². The molecule has 1 atom stereocenters. The average molecular weight is 330 g/mol. The third-order valence-electron chi connectivity index (χ3n) is 4.71. The van der Waals surface area contributed by atoms with Crippen LogP contribution in [0.2, 0.25) is 0 Å². The maximum Gasteiger partial charge on any atom is 0.260 e. The van der Waals surface area contributed by atoms with Crippen LogP contribution in [0, 0.1) is 5.21 Å². The predicted molar refractivity (Wildman–Crippen MR) is 94.9 cm³/mol. The second kappa shape index (κ2) is 6.40. The van der Waals surface area contributed by atoms with Crippen LogP contribution < -0.4 is 4.73 Å². The van der Waals surface area contributed by atoms with Gasteiger partial charge in [0.2, 0.25) is 0 Å². The van der Waals surface area contributed by atoms with Crippen molar-refractivity contribution in [1.29, 1.82) is 0 Å². The van der Waals surface area contributed by atoms with Gasteiger partial charge in [-0.3, -0.25) is 4.79 Å². The zero-order valence-electron chi connectivity index (χ0n) is 13.7. The third kappa shape index (κ3) is 2.98. The number of aromatic nitrogens is 1. The van der Waals surface area contributed by atoms with E-state index in [1.54, 1.807) is 12.1 Å². The molecule has 4 nitrogen and oxygen atoms in total. The van der Waals surface area contributed by atoms with Gasteiger partial charge in [0.25, 0.3) is 5.91 Å². The molecule has 3 aromatic rings. The van der Waals surface area contributed by atoms with Gasteiger partial charge in [0.05, 0.1) is 0 Å². The van der Waals surface area contributed by atoms with Gasteiger partial charge in [-0.25, -0.2) is 0 Å². The first-order chi connectivity index (χ1) is 12.2. The van der Waals surface area contributed by atoms with Crippen LogP contribution in [0.25, 0.3) is 0 Å². The van der Waals surface area contributed by atoms with Gasteiger partial charge in [-0.15, -0.1) is 0 Å². The SMILES string of the molecule is O=C(c1ccc[n+]([O-])c1)N1Cc2ccccc2[C@@H](c2ccccc2)C1. The molecule has 124 valence electrons. The van der Waals surface area contributed by atoms with Gasteiger partial charge in [0, 0.05) is 25.1 Å². The van der Waals surface area contributed by atoms with Crippen molar-refractivity contribution in [3.63, 3.8) is 0 Å². The minimum absolute atomic E-state index is 0.111. The quantitative estimate of drug-likeness (QED) is 0.535. The molecule has 0 aliphatic carbocycles. The van der Waals surface area contributed by atoms with Crippen molar-refractivity contribution >= 4 is 5.91 Å². The Bertz CT molecular complexity index is 909. The second-order valence-electron chi connectivity index (χ2n) is 6.30.